The van der Waals surface area contributed by atoms with Crippen LogP contribution in [0.4, 0.5) is 37.7 Å². The highest BCUT2D eigenvalue weighted by atomic mass is 35.5. The first-order chi connectivity index (χ1) is 21.6. The fourth-order valence-corrected chi connectivity index (χ4v) is 5.47. The predicted molar refractivity (Wildman–Crippen MR) is 187 cm³/mol. The van der Waals surface area contributed by atoms with E-state index in [2.05, 4.69) is 33.4 Å². The maximum Gasteiger partial charge on any atom is 0.416 e. The Bertz CT molecular complexity index is 1530. The van der Waals surface area contributed by atoms with E-state index in [-0.39, 0.29) is 37.2 Å². The third-order valence-electron chi connectivity index (χ3n) is 7.87. The highest BCUT2D eigenvalue weighted by Gasteiger charge is 2.32. The largest absolute Gasteiger partial charge is 0.416 e. The Morgan fingerprint density at radius 2 is 1.08 bits per heavy atom. The highest BCUT2D eigenvalue weighted by Crippen LogP contribution is 2.33. The lowest BCUT2D eigenvalue weighted by molar-refractivity contribution is -0.138. The molecule has 2 saturated heterocycles. The Kier molecular flexibility index (Phi) is 15.8. The van der Waals surface area contributed by atoms with E-state index in [9.17, 15) is 26.3 Å². The van der Waals surface area contributed by atoms with E-state index in [0.717, 1.165) is 74.6 Å². The monoisotopic (exact) mass is 735 g/mol. The number of piperazine rings is 2. The average molecular weight is 737 g/mol. The van der Waals surface area contributed by atoms with Gasteiger partial charge >= 0.3 is 12.4 Å². The van der Waals surface area contributed by atoms with Crippen LogP contribution < -0.4 is 15.1 Å². The summed E-state index contributed by atoms with van der Waals surface area (Å²) in [4.78, 5) is 10.7. The van der Waals surface area contributed by atoms with Crippen LogP contribution in [-0.2, 0) is 18.9 Å². The Balaban J connectivity index is 0.000000362. The van der Waals surface area contributed by atoms with Crippen LogP contribution >= 0.6 is 37.2 Å². The minimum atomic E-state index is -4.31. The van der Waals surface area contributed by atoms with Crippen LogP contribution in [0.15, 0.2) is 97.3 Å². The Morgan fingerprint density at radius 3 is 1.60 bits per heavy atom. The van der Waals surface area contributed by atoms with Gasteiger partial charge in [-0.1, -0.05) is 42.5 Å². The quantitative estimate of drug-likeness (QED) is 0.208. The molecule has 0 aliphatic carbocycles. The molecule has 0 atom stereocenters. The van der Waals surface area contributed by atoms with E-state index in [1.807, 2.05) is 40.4 Å². The van der Waals surface area contributed by atoms with Crippen LogP contribution in [0, 0.1) is 0 Å². The standard InChI is InChI=1S/C23H22F3N3.C11H13F3N2.3ClH/c24-23(25,26)21-7-4-8-22(14-21)29-11-9-28(10-12-29)17-18-13-20(16-27-15-18)19-5-2-1-3-6-19;12-11(13,14)9-2-1-3-10(8-9)16-6-4-15-5-7-16;;;/h1-8,13-16H,9-12,17H2;1-3,8,15H,4-7H2;3*1H. The number of hydrogen-bond donors (Lipinski definition) is 1. The molecule has 1 N–H and O–H groups in total. The van der Waals surface area contributed by atoms with Gasteiger partial charge in [0.1, 0.15) is 0 Å². The molecule has 6 rings (SSSR count). The molecule has 2 fully saturated rings. The zero-order valence-corrected chi connectivity index (χ0v) is 28.3. The van der Waals surface area contributed by atoms with Crippen LogP contribution in [0.3, 0.4) is 0 Å². The van der Waals surface area contributed by atoms with Gasteiger partial charge in [0.25, 0.3) is 0 Å². The average Bonchev–Trinajstić information content (AvgIpc) is 3.06. The smallest absolute Gasteiger partial charge is 0.369 e. The third kappa shape index (κ3) is 11.4. The van der Waals surface area contributed by atoms with E-state index < -0.39 is 23.5 Å². The molecule has 3 aromatic carbocycles. The number of hydrogen-bond acceptors (Lipinski definition) is 5. The summed E-state index contributed by atoms with van der Waals surface area (Å²) < 4.78 is 76.4. The molecule has 14 heteroatoms. The van der Waals surface area contributed by atoms with Crippen molar-refractivity contribution in [3.63, 3.8) is 0 Å². The van der Waals surface area contributed by atoms with Gasteiger partial charge in [-0.15, -0.1) is 37.2 Å². The lowest BCUT2D eigenvalue weighted by atomic mass is 10.1. The van der Waals surface area contributed by atoms with Crippen molar-refractivity contribution >= 4 is 48.6 Å². The number of nitrogens with zero attached hydrogens (tertiary/aromatic N) is 4. The van der Waals surface area contributed by atoms with Crippen molar-refractivity contribution < 1.29 is 26.3 Å². The summed E-state index contributed by atoms with van der Waals surface area (Å²) in [5, 5.41) is 3.17. The molecule has 3 heterocycles. The Labute approximate surface area is 295 Å². The zero-order chi connectivity index (χ0) is 31.9. The van der Waals surface area contributed by atoms with Crippen LogP contribution in [-0.4, -0.2) is 62.2 Å². The first-order valence-corrected chi connectivity index (χ1v) is 14.8. The zero-order valence-electron chi connectivity index (χ0n) is 25.9. The van der Waals surface area contributed by atoms with Crippen molar-refractivity contribution in [3.8, 4) is 11.1 Å². The van der Waals surface area contributed by atoms with Crippen molar-refractivity contribution in [2.24, 2.45) is 0 Å². The summed E-state index contributed by atoms with van der Waals surface area (Å²) in [6.07, 6.45) is -4.82. The number of nitrogens with one attached hydrogen (secondary N) is 1. The number of pyridine rings is 1. The number of rotatable bonds is 5. The van der Waals surface area contributed by atoms with Gasteiger partial charge in [-0.2, -0.15) is 26.3 Å². The van der Waals surface area contributed by atoms with Crippen LogP contribution in [0.1, 0.15) is 16.7 Å². The fraction of sp³-hybridized carbons (Fsp3) is 0.324. The molecular formula is C34H38Cl3F6N5. The molecule has 1 aromatic heterocycles. The first kappa shape index (κ1) is 41.0. The van der Waals surface area contributed by atoms with Gasteiger partial charge in [0.2, 0.25) is 0 Å². The summed E-state index contributed by atoms with van der Waals surface area (Å²) >= 11 is 0. The number of anilines is 2. The van der Waals surface area contributed by atoms with E-state index in [1.165, 1.54) is 24.3 Å². The molecule has 2 aliphatic rings. The lowest BCUT2D eigenvalue weighted by Crippen LogP contribution is -2.46. The van der Waals surface area contributed by atoms with Gasteiger partial charge < -0.3 is 15.1 Å². The molecular weight excluding hydrogens is 699 g/mol. The molecule has 5 nitrogen and oxygen atoms in total. The summed E-state index contributed by atoms with van der Waals surface area (Å²) in [6, 6.07) is 23.4. The molecule has 2 aliphatic heterocycles. The molecule has 4 aromatic rings. The van der Waals surface area contributed by atoms with Gasteiger partial charge in [-0.05, 0) is 53.6 Å². The predicted octanol–water partition coefficient (Wildman–Crippen LogP) is 8.47. The van der Waals surface area contributed by atoms with Crippen molar-refractivity contribution in [2.75, 3.05) is 62.2 Å². The molecule has 0 bridgehead atoms. The van der Waals surface area contributed by atoms with Gasteiger partial charge in [-0.3, -0.25) is 9.88 Å². The second-order valence-electron chi connectivity index (χ2n) is 11.0. The van der Waals surface area contributed by atoms with Crippen molar-refractivity contribution in [1.82, 2.24) is 15.2 Å². The highest BCUT2D eigenvalue weighted by molar-refractivity contribution is 5.86. The van der Waals surface area contributed by atoms with Crippen LogP contribution in [0.2, 0.25) is 0 Å². The maximum absolute atomic E-state index is 13.0. The number of halogens is 9. The molecule has 0 unspecified atom stereocenters. The van der Waals surface area contributed by atoms with Gasteiger partial charge in [-0.25, -0.2) is 0 Å². The SMILES string of the molecule is Cl.Cl.Cl.FC(F)(F)c1cccc(N2CCN(Cc3cncc(-c4ccccc4)c3)CC2)c1.FC(F)(F)c1cccc(N2CCNCC2)c1. The second-order valence-corrected chi connectivity index (χ2v) is 11.0. The van der Waals surface area contributed by atoms with Gasteiger partial charge in [0.05, 0.1) is 11.1 Å². The maximum atomic E-state index is 13.0. The molecule has 0 spiro atoms. The molecule has 0 radical (unpaired) electrons. The van der Waals surface area contributed by atoms with Crippen molar-refractivity contribution in [2.45, 2.75) is 18.9 Å². The Hall–Kier alpha value is -3.22. The van der Waals surface area contributed by atoms with Gasteiger partial charge in [0, 0.05) is 88.2 Å². The molecule has 262 valence electrons. The molecule has 0 saturated carbocycles. The van der Waals surface area contributed by atoms with Gasteiger partial charge in [0.15, 0.2) is 0 Å². The van der Waals surface area contributed by atoms with Crippen molar-refractivity contribution in [1.29, 1.82) is 0 Å². The Morgan fingerprint density at radius 1 is 0.562 bits per heavy atom. The van der Waals surface area contributed by atoms with Crippen LogP contribution in [0.5, 0.6) is 0 Å². The van der Waals surface area contributed by atoms with Crippen LogP contribution in [0.25, 0.3) is 11.1 Å². The van der Waals surface area contributed by atoms with E-state index in [0.29, 0.717) is 24.5 Å². The summed E-state index contributed by atoms with van der Waals surface area (Å²) in [5.74, 6) is 0. The number of aromatic nitrogens is 1. The minimum absolute atomic E-state index is 0. The third-order valence-corrected chi connectivity index (χ3v) is 7.87. The lowest BCUT2D eigenvalue weighted by Gasteiger charge is -2.36. The summed E-state index contributed by atoms with van der Waals surface area (Å²) in [6.45, 7) is 6.91. The number of benzene rings is 3. The van der Waals surface area contributed by atoms with E-state index in [1.54, 1.807) is 12.1 Å². The topological polar surface area (TPSA) is 34.6 Å². The summed E-state index contributed by atoms with van der Waals surface area (Å²) in [5.41, 5.74) is 3.47. The molecule has 48 heavy (non-hydrogen) atoms. The van der Waals surface area contributed by atoms with Crippen molar-refractivity contribution in [3.05, 3.63) is 114 Å². The number of alkyl halides is 6. The van der Waals surface area contributed by atoms with E-state index >= 15 is 0 Å². The summed E-state index contributed by atoms with van der Waals surface area (Å²) in [7, 11) is 0. The minimum Gasteiger partial charge on any atom is -0.369 e. The second kappa shape index (κ2) is 18.5. The first-order valence-electron chi connectivity index (χ1n) is 14.8. The fourth-order valence-electron chi connectivity index (χ4n) is 5.47. The molecule has 0 amide bonds. The van der Waals surface area contributed by atoms with E-state index in [4.69, 9.17) is 0 Å². The normalized spacial score (nSPS) is 15.2.